The Balaban J connectivity index is 2.15. The number of aromatic nitrogens is 2. The van der Waals surface area contributed by atoms with Crippen molar-refractivity contribution in [1.82, 2.24) is 14.9 Å². The van der Waals surface area contributed by atoms with E-state index in [1.807, 2.05) is 10.8 Å². The van der Waals surface area contributed by atoms with Crippen molar-refractivity contribution in [3.8, 4) is 0 Å². The molecule has 2 N–H and O–H groups in total. The quantitative estimate of drug-likeness (QED) is 0.692. The van der Waals surface area contributed by atoms with E-state index in [4.69, 9.17) is 5.11 Å². The van der Waals surface area contributed by atoms with Gasteiger partial charge in [0.15, 0.2) is 0 Å². The van der Waals surface area contributed by atoms with Gasteiger partial charge in [-0.05, 0) is 12.8 Å². The Morgan fingerprint density at radius 3 is 2.63 bits per heavy atom. The molecule has 0 aliphatic heterocycles. The fourth-order valence-electron chi connectivity index (χ4n) is 1.65. The number of unbranched alkanes of at least 4 members (excludes halogenated alkanes) is 1. The van der Waals surface area contributed by atoms with Crippen LogP contribution in [0.2, 0.25) is 0 Å². The molecule has 0 fully saturated rings. The molecule has 1 amide bonds. The van der Waals surface area contributed by atoms with Crippen LogP contribution in [0.1, 0.15) is 26.7 Å². The molecule has 2 atom stereocenters. The molecule has 0 saturated carbocycles. The number of hydrogen-bond donors (Lipinski definition) is 2. The van der Waals surface area contributed by atoms with Crippen molar-refractivity contribution < 1.29 is 14.7 Å². The third-order valence-electron chi connectivity index (χ3n) is 3.25. The molecule has 1 heterocycles. The van der Waals surface area contributed by atoms with E-state index in [1.165, 1.54) is 0 Å². The number of nitrogens with zero attached hydrogens (tertiary/aromatic N) is 2. The van der Waals surface area contributed by atoms with Gasteiger partial charge in [0, 0.05) is 31.4 Å². The van der Waals surface area contributed by atoms with Crippen LogP contribution >= 0.6 is 0 Å². The summed E-state index contributed by atoms with van der Waals surface area (Å²) in [6.45, 7) is 4.63. The summed E-state index contributed by atoms with van der Waals surface area (Å²) in [5, 5.41) is 11.6. The third kappa shape index (κ3) is 5.11. The normalized spacial score (nSPS) is 13.8. The second-order valence-electron chi connectivity index (χ2n) is 4.71. The summed E-state index contributed by atoms with van der Waals surface area (Å²) in [6, 6.07) is 0. The van der Waals surface area contributed by atoms with Crippen molar-refractivity contribution in [2.75, 3.05) is 6.54 Å². The molecule has 106 valence electrons. The van der Waals surface area contributed by atoms with Crippen LogP contribution < -0.4 is 5.32 Å². The van der Waals surface area contributed by atoms with E-state index in [0.29, 0.717) is 6.54 Å². The van der Waals surface area contributed by atoms with Gasteiger partial charge in [0.1, 0.15) is 0 Å². The van der Waals surface area contributed by atoms with Crippen molar-refractivity contribution in [1.29, 1.82) is 0 Å². The molecule has 0 saturated heterocycles. The van der Waals surface area contributed by atoms with Gasteiger partial charge in [0.25, 0.3) is 0 Å². The van der Waals surface area contributed by atoms with Crippen LogP contribution in [0.3, 0.4) is 0 Å². The SMILES string of the molecule is CC(C(=O)O)C(C)C(=O)NCCCCn1ccnc1. The van der Waals surface area contributed by atoms with Crippen LogP contribution in [-0.4, -0.2) is 33.1 Å². The molecule has 0 radical (unpaired) electrons. The van der Waals surface area contributed by atoms with Gasteiger partial charge in [-0.15, -0.1) is 0 Å². The van der Waals surface area contributed by atoms with E-state index in [0.717, 1.165) is 19.4 Å². The average molecular weight is 267 g/mol. The van der Waals surface area contributed by atoms with E-state index in [9.17, 15) is 9.59 Å². The number of carbonyl (C=O) groups excluding carboxylic acids is 1. The minimum absolute atomic E-state index is 0.197. The fourth-order valence-corrected chi connectivity index (χ4v) is 1.65. The number of carboxylic acid groups (broad SMARTS) is 1. The molecule has 19 heavy (non-hydrogen) atoms. The van der Waals surface area contributed by atoms with Gasteiger partial charge in [0.05, 0.1) is 12.2 Å². The second-order valence-corrected chi connectivity index (χ2v) is 4.71. The van der Waals surface area contributed by atoms with Gasteiger partial charge in [-0.1, -0.05) is 13.8 Å². The highest BCUT2D eigenvalue weighted by atomic mass is 16.4. The highest BCUT2D eigenvalue weighted by Crippen LogP contribution is 2.10. The third-order valence-corrected chi connectivity index (χ3v) is 3.25. The van der Waals surface area contributed by atoms with Crippen molar-refractivity contribution in [2.24, 2.45) is 11.8 Å². The number of rotatable bonds is 8. The molecule has 0 aliphatic carbocycles. The maximum absolute atomic E-state index is 11.7. The van der Waals surface area contributed by atoms with Crippen molar-refractivity contribution in [2.45, 2.75) is 33.2 Å². The number of hydrogen-bond acceptors (Lipinski definition) is 3. The Bertz CT molecular complexity index is 403. The summed E-state index contributed by atoms with van der Waals surface area (Å²) in [7, 11) is 0. The van der Waals surface area contributed by atoms with Crippen molar-refractivity contribution >= 4 is 11.9 Å². The summed E-state index contributed by atoms with van der Waals surface area (Å²) in [5.74, 6) is -2.31. The zero-order chi connectivity index (χ0) is 14.3. The predicted octanol–water partition coefficient (Wildman–Crippen LogP) is 1.14. The van der Waals surface area contributed by atoms with Gasteiger partial charge in [-0.25, -0.2) is 4.98 Å². The molecule has 0 spiro atoms. The first kappa shape index (κ1) is 15.2. The summed E-state index contributed by atoms with van der Waals surface area (Å²) >= 11 is 0. The Labute approximate surface area is 112 Å². The number of nitrogens with one attached hydrogen (secondary N) is 1. The smallest absolute Gasteiger partial charge is 0.307 e. The molecule has 1 aromatic heterocycles. The minimum atomic E-state index is -0.942. The first-order valence-electron chi connectivity index (χ1n) is 6.48. The van der Waals surface area contributed by atoms with E-state index < -0.39 is 17.8 Å². The van der Waals surface area contributed by atoms with Gasteiger partial charge in [-0.3, -0.25) is 9.59 Å². The number of carbonyl (C=O) groups is 2. The Morgan fingerprint density at radius 2 is 2.05 bits per heavy atom. The molecular formula is C13H21N3O3. The zero-order valence-corrected chi connectivity index (χ0v) is 11.4. The van der Waals surface area contributed by atoms with Crippen LogP contribution in [-0.2, 0) is 16.1 Å². The second kappa shape index (κ2) is 7.56. The molecular weight excluding hydrogens is 246 g/mol. The Morgan fingerprint density at radius 1 is 1.32 bits per heavy atom. The van der Waals surface area contributed by atoms with Gasteiger partial charge >= 0.3 is 5.97 Å². The highest BCUT2D eigenvalue weighted by Gasteiger charge is 2.25. The largest absolute Gasteiger partial charge is 0.481 e. The Kier molecular flexibility index (Phi) is 6.05. The summed E-state index contributed by atoms with van der Waals surface area (Å²) in [4.78, 5) is 26.4. The fraction of sp³-hybridized carbons (Fsp3) is 0.615. The van der Waals surface area contributed by atoms with Crippen LogP contribution in [0.4, 0.5) is 0 Å². The van der Waals surface area contributed by atoms with Gasteiger partial charge in [-0.2, -0.15) is 0 Å². The maximum Gasteiger partial charge on any atom is 0.307 e. The van der Waals surface area contributed by atoms with E-state index in [-0.39, 0.29) is 5.91 Å². The number of imidazole rings is 1. The molecule has 2 unspecified atom stereocenters. The van der Waals surface area contributed by atoms with Crippen molar-refractivity contribution in [3.05, 3.63) is 18.7 Å². The van der Waals surface area contributed by atoms with Gasteiger partial charge < -0.3 is 15.0 Å². The van der Waals surface area contributed by atoms with Crippen LogP contribution in [0, 0.1) is 11.8 Å². The number of aliphatic carboxylic acids is 1. The molecule has 1 aromatic rings. The monoisotopic (exact) mass is 267 g/mol. The first-order chi connectivity index (χ1) is 9.02. The molecule has 0 aliphatic rings. The number of amides is 1. The van der Waals surface area contributed by atoms with Gasteiger partial charge in [0.2, 0.25) is 5.91 Å². The molecule has 0 aromatic carbocycles. The molecule has 0 bridgehead atoms. The molecule has 1 rings (SSSR count). The lowest BCUT2D eigenvalue weighted by molar-refractivity contribution is -0.146. The molecule has 6 heteroatoms. The number of aryl methyl sites for hydroxylation is 1. The van der Waals surface area contributed by atoms with Crippen LogP contribution in [0.25, 0.3) is 0 Å². The maximum atomic E-state index is 11.7. The lowest BCUT2D eigenvalue weighted by atomic mass is 9.95. The van der Waals surface area contributed by atoms with Crippen LogP contribution in [0.15, 0.2) is 18.7 Å². The summed E-state index contributed by atoms with van der Waals surface area (Å²) < 4.78 is 1.98. The Hall–Kier alpha value is -1.85. The average Bonchev–Trinajstić information content (AvgIpc) is 2.89. The van der Waals surface area contributed by atoms with Crippen LogP contribution in [0.5, 0.6) is 0 Å². The highest BCUT2D eigenvalue weighted by molar-refractivity contribution is 5.84. The molecule has 6 nitrogen and oxygen atoms in total. The number of carboxylic acids is 1. The summed E-state index contributed by atoms with van der Waals surface area (Å²) in [5.41, 5.74) is 0. The standard InChI is InChI=1S/C13H21N3O3/c1-10(11(2)13(18)19)12(17)15-5-3-4-7-16-8-6-14-9-16/h6,8-11H,3-5,7H2,1-2H3,(H,15,17)(H,18,19). The topological polar surface area (TPSA) is 84.2 Å². The lowest BCUT2D eigenvalue weighted by Gasteiger charge is -2.15. The van der Waals surface area contributed by atoms with E-state index in [2.05, 4.69) is 10.3 Å². The first-order valence-corrected chi connectivity index (χ1v) is 6.48. The zero-order valence-electron chi connectivity index (χ0n) is 11.4. The van der Waals surface area contributed by atoms with Crippen molar-refractivity contribution in [3.63, 3.8) is 0 Å². The van der Waals surface area contributed by atoms with E-state index >= 15 is 0 Å². The predicted molar refractivity (Wildman–Crippen MR) is 70.4 cm³/mol. The minimum Gasteiger partial charge on any atom is -0.481 e. The summed E-state index contributed by atoms with van der Waals surface area (Å²) in [6.07, 6.45) is 7.19. The lowest BCUT2D eigenvalue weighted by Crippen LogP contribution is -2.35. The van der Waals surface area contributed by atoms with E-state index in [1.54, 1.807) is 26.4 Å².